The topological polar surface area (TPSA) is 29.3 Å². The number of hydrogen-bond acceptors (Lipinski definition) is 3. The minimum absolute atomic E-state index is 0.832. The number of nitrogens with zero attached hydrogens (tertiary/aromatic N) is 1. The number of anilines is 2. The molecule has 0 fully saturated rings. The normalized spacial score (nSPS) is 15.8. The molecule has 0 aliphatic carbocycles. The molecule has 2 N–H and O–H groups in total. The minimum Gasteiger partial charge on any atom is -0.397 e. The number of para-hydroxylation sites is 1. The van der Waals surface area contributed by atoms with Gasteiger partial charge in [0.15, 0.2) is 0 Å². The first-order chi connectivity index (χ1) is 7.65. The van der Waals surface area contributed by atoms with Gasteiger partial charge in [-0.3, -0.25) is 3.11 Å². The van der Waals surface area contributed by atoms with E-state index in [9.17, 15) is 0 Å². The van der Waals surface area contributed by atoms with Crippen LogP contribution in [0.15, 0.2) is 45.8 Å². The van der Waals surface area contributed by atoms with Crippen molar-refractivity contribution in [2.45, 2.75) is 18.7 Å². The molecule has 0 amide bonds. The molecule has 0 radical (unpaired) electrons. The van der Waals surface area contributed by atoms with E-state index >= 15 is 0 Å². The summed E-state index contributed by atoms with van der Waals surface area (Å²) in [6.07, 6.45) is 4.20. The smallest absolute Gasteiger partial charge is 0.0876 e. The van der Waals surface area contributed by atoms with Crippen molar-refractivity contribution in [2.75, 3.05) is 8.85 Å². The van der Waals surface area contributed by atoms with E-state index < -0.39 is 0 Å². The summed E-state index contributed by atoms with van der Waals surface area (Å²) in [6, 6.07) is 6.05. The Balaban J connectivity index is 2.54. The van der Waals surface area contributed by atoms with E-state index in [1.807, 2.05) is 19.1 Å². The van der Waals surface area contributed by atoms with Crippen molar-refractivity contribution in [3.63, 3.8) is 0 Å². The lowest BCUT2D eigenvalue weighted by Crippen LogP contribution is -2.14. The summed E-state index contributed by atoms with van der Waals surface area (Å²) in [5.74, 6) is 0. The Morgan fingerprint density at radius 1 is 1.44 bits per heavy atom. The Kier molecular flexibility index (Phi) is 3.49. The van der Waals surface area contributed by atoms with E-state index in [0.29, 0.717) is 0 Å². The summed E-state index contributed by atoms with van der Waals surface area (Å²) in [7, 11) is 0. The molecule has 2 nitrogen and oxygen atoms in total. The van der Waals surface area contributed by atoms with Crippen LogP contribution in [0.5, 0.6) is 0 Å². The van der Waals surface area contributed by atoms with Crippen LogP contribution in [0.1, 0.15) is 13.8 Å². The molecule has 0 saturated carbocycles. The van der Waals surface area contributed by atoms with E-state index in [1.54, 1.807) is 11.8 Å². The van der Waals surface area contributed by atoms with Gasteiger partial charge in [-0.15, -0.1) is 0 Å². The Morgan fingerprint density at radius 3 is 2.88 bits per heavy atom. The molecule has 0 spiro atoms. The van der Waals surface area contributed by atoms with Crippen LogP contribution in [-0.2, 0) is 0 Å². The highest BCUT2D eigenvalue weighted by Gasteiger charge is 2.22. The van der Waals surface area contributed by atoms with Crippen LogP contribution in [0, 0.1) is 0 Å². The van der Waals surface area contributed by atoms with Crippen molar-refractivity contribution in [3.8, 4) is 0 Å². The highest BCUT2D eigenvalue weighted by atomic mass is 127. The molecule has 1 aromatic rings. The van der Waals surface area contributed by atoms with E-state index in [2.05, 4.69) is 51.1 Å². The van der Waals surface area contributed by atoms with Gasteiger partial charge in [0.2, 0.25) is 0 Å². The third-order valence-electron chi connectivity index (χ3n) is 2.42. The predicted octanol–water partition coefficient (Wildman–Crippen LogP) is 4.34. The molecule has 0 atom stereocenters. The van der Waals surface area contributed by atoms with Gasteiger partial charge in [0.05, 0.1) is 34.2 Å². The Labute approximate surface area is 114 Å². The summed E-state index contributed by atoms with van der Waals surface area (Å²) in [6.45, 7) is 4.15. The first kappa shape index (κ1) is 11.9. The molecule has 0 bridgehead atoms. The summed E-state index contributed by atoms with van der Waals surface area (Å²) in [5, 5.41) is 0. The van der Waals surface area contributed by atoms with Crippen molar-refractivity contribution >= 4 is 46.0 Å². The third kappa shape index (κ3) is 1.96. The Morgan fingerprint density at radius 2 is 2.19 bits per heavy atom. The van der Waals surface area contributed by atoms with Crippen LogP contribution in [0.2, 0.25) is 0 Å². The molecule has 0 saturated heterocycles. The van der Waals surface area contributed by atoms with Crippen molar-refractivity contribution in [1.82, 2.24) is 0 Å². The van der Waals surface area contributed by atoms with E-state index in [1.165, 1.54) is 15.5 Å². The van der Waals surface area contributed by atoms with Crippen LogP contribution >= 0.6 is 34.6 Å². The maximum absolute atomic E-state index is 6.01. The first-order valence-electron chi connectivity index (χ1n) is 5.01. The molecule has 84 valence electrons. The van der Waals surface area contributed by atoms with E-state index in [4.69, 9.17) is 5.73 Å². The molecule has 2 rings (SSSR count). The molecule has 1 aliphatic rings. The van der Waals surface area contributed by atoms with Gasteiger partial charge in [0.1, 0.15) is 0 Å². The summed E-state index contributed by atoms with van der Waals surface area (Å²) in [4.78, 5) is 2.49. The van der Waals surface area contributed by atoms with Crippen LogP contribution in [-0.4, -0.2) is 0 Å². The second kappa shape index (κ2) is 4.71. The molecule has 4 heteroatoms. The second-order valence-corrected chi connectivity index (χ2v) is 5.58. The van der Waals surface area contributed by atoms with Gasteiger partial charge in [-0.1, -0.05) is 30.0 Å². The summed E-state index contributed by atoms with van der Waals surface area (Å²) < 4.78 is 2.13. The van der Waals surface area contributed by atoms with Gasteiger partial charge >= 0.3 is 0 Å². The number of fused-ring (bicyclic) bond motifs is 1. The van der Waals surface area contributed by atoms with Crippen LogP contribution in [0.3, 0.4) is 0 Å². The number of thioether (sulfide) groups is 1. The summed E-state index contributed by atoms with van der Waals surface area (Å²) >= 11 is 4.08. The van der Waals surface area contributed by atoms with Crippen molar-refractivity contribution in [2.24, 2.45) is 0 Å². The number of nitrogen functional groups attached to an aromatic ring is 1. The maximum atomic E-state index is 6.01. The first-order valence-corrected chi connectivity index (χ1v) is 6.79. The zero-order valence-electron chi connectivity index (χ0n) is 9.20. The number of halogens is 1. The maximum Gasteiger partial charge on any atom is 0.0876 e. The highest BCUT2D eigenvalue weighted by Crippen LogP contribution is 2.47. The molecule has 0 unspecified atom stereocenters. The van der Waals surface area contributed by atoms with Crippen molar-refractivity contribution < 1.29 is 0 Å². The van der Waals surface area contributed by atoms with Crippen molar-refractivity contribution in [1.29, 1.82) is 0 Å². The monoisotopic (exact) mass is 344 g/mol. The average molecular weight is 344 g/mol. The lowest BCUT2D eigenvalue weighted by molar-refractivity contribution is 1.23. The Bertz CT molecular complexity index is 480. The second-order valence-electron chi connectivity index (χ2n) is 3.53. The van der Waals surface area contributed by atoms with Gasteiger partial charge in [-0.05, 0) is 26.0 Å². The lowest BCUT2D eigenvalue weighted by Gasteiger charge is -2.28. The molecule has 1 heterocycles. The SMILES string of the molecule is C/C=C\C1=C(C)N(I)c2c(N)cccc2S1. The quantitative estimate of drug-likeness (QED) is 0.467. The highest BCUT2D eigenvalue weighted by molar-refractivity contribution is 14.1. The average Bonchev–Trinajstić information content (AvgIpc) is 2.25. The molecule has 0 aromatic heterocycles. The van der Waals surface area contributed by atoms with E-state index in [0.717, 1.165) is 11.4 Å². The van der Waals surface area contributed by atoms with Gasteiger partial charge in [-0.25, -0.2) is 0 Å². The number of benzene rings is 1. The lowest BCUT2D eigenvalue weighted by atomic mass is 10.2. The predicted molar refractivity (Wildman–Crippen MR) is 80.7 cm³/mol. The molecular weight excluding hydrogens is 331 g/mol. The number of hydrogen-bond donors (Lipinski definition) is 1. The van der Waals surface area contributed by atoms with Crippen molar-refractivity contribution in [3.05, 3.63) is 41.0 Å². The van der Waals surface area contributed by atoms with Crippen LogP contribution in [0.25, 0.3) is 0 Å². The fourth-order valence-electron chi connectivity index (χ4n) is 1.59. The van der Waals surface area contributed by atoms with Gasteiger partial charge < -0.3 is 5.73 Å². The fraction of sp³-hybridized carbons (Fsp3) is 0.167. The molecule has 16 heavy (non-hydrogen) atoms. The molecule has 1 aromatic carbocycles. The zero-order valence-corrected chi connectivity index (χ0v) is 12.2. The third-order valence-corrected chi connectivity index (χ3v) is 4.82. The fourth-order valence-corrected chi connectivity index (χ4v) is 3.85. The number of rotatable bonds is 1. The molecule has 1 aliphatic heterocycles. The molecular formula is C12H13IN2S. The minimum atomic E-state index is 0.832. The van der Waals surface area contributed by atoms with Gasteiger partial charge in [0, 0.05) is 15.5 Å². The number of allylic oxidation sites excluding steroid dienone is 3. The van der Waals surface area contributed by atoms with Gasteiger partial charge in [0.25, 0.3) is 0 Å². The van der Waals surface area contributed by atoms with E-state index in [-0.39, 0.29) is 0 Å². The zero-order chi connectivity index (χ0) is 11.7. The Hall–Kier alpha value is -0.620. The van der Waals surface area contributed by atoms with Crippen LogP contribution in [0.4, 0.5) is 11.4 Å². The van der Waals surface area contributed by atoms with Crippen LogP contribution < -0.4 is 8.85 Å². The number of nitrogens with two attached hydrogens (primary N) is 1. The summed E-state index contributed by atoms with van der Waals surface area (Å²) in [5.41, 5.74) is 9.19. The largest absolute Gasteiger partial charge is 0.397 e. The van der Waals surface area contributed by atoms with Gasteiger partial charge in [-0.2, -0.15) is 0 Å². The standard InChI is InChI=1S/C12H13IN2S/c1-3-5-10-8(2)15(13)12-9(14)6-4-7-11(12)16-10/h3-7H,14H2,1-2H3/b5-3-.